The molecule has 5 nitrogen and oxygen atoms in total. The fourth-order valence-electron chi connectivity index (χ4n) is 1.23. The molecule has 0 saturated carbocycles. The molecule has 0 aromatic carbocycles. The van der Waals surface area contributed by atoms with E-state index in [4.69, 9.17) is 5.11 Å². The van der Waals surface area contributed by atoms with Gasteiger partial charge >= 0.3 is 5.97 Å². The summed E-state index contributed by atoms with van der Waals surface area (Å²) >= 11 is 1.57. The minimum atomic E-state index is -0.968. The van der Waals surface area contributed by atoms with Crippen LogP contribution in [-0.2, 0) is 9.59 Å². The van der Waals surface area contributed by atoms with E-state index < -0.39 is 12.0 Å². The van der Waals surface area contributed by atoms with Crippen molar-refractivity contribution in [2.45, 2.75) is 38.8 Å². The number of carboxylic acids is 1. The van der Waals surface area contributed by atoms with E-state index in [1.807, 2.05) is 20.1 Å². The average Bonchev–Trinajstić information content (AvgIpc) is 2.23. The predicted molar refractivity (Wildman–Crippen MR) is 70.3 cm³/mol. The summed E-state index contributed by atoms with van der Waals surface area (Å²) < 4.78 is 0. The Balaban J connectivity index is 3.91. The fourth-order valence-corrected chi connectivity index (χ4v) is 1.71. The molecule has 1 unspecified atom stereocenters. The maximum atomic E-state index is 11.5. The predicted octanol–water partition coefficient (Wildman–Crippen LogP) is 0.697. The van der Waals surface area contributed by atoms with Crippen LogP contribution in [0, 0.1) is 0 Å². The molecule has 0 heterocycles. The van der Waals surface area contributed by atoms with E-state index >= 15 is 0 Å². The van der Waals surface area contributed by atoms with E-state index in [0.717, 1.165) is 5.75 Å². The molecule has 0 saturated heterocycles. The van der Waals surface area contributed by atoms with Gasteiger partial charge in [-0.1, -0.05) is 13.8 Å². The third kappa shape index (κ3) is 9.00. The third-order valence-corrected chi connectivity index (χ3v) is 2.79. The number of carbonyl (C=O) groups is 2. The van der Waals surface area contributed by atoms with Gasteiger partial charge in [-0.15, -0.1) is 0 Å². The highest BCUT2D eigenvalue weighted by molar-refractivity contribution is 7.98. The molecule has 1 amide bonds. The number of hydrogen-bond acceptors (Lipinski definition) is 4. The zero-order valence-corrected chi connectivity index (χ0v) is 11.5. The molecule has 0 aliphatic carbocycles. The second kappa shape index (κ2) is 9.30. The second-order valence-electron chi connectivity index (χ2n) is 4.10. The molecule has 0 aromatic rings. The first-order valence-electron chi connectivity index (χ1n) is 5.71. The number of thioether (sulfide) groups is 1. The van der Waals surface area contributed by atoms with Gasteiger partial charge in [0.15, 0.2) is 0 Å². The van der Waals surface area contributed by atoms with E-state index in [1.165, 1.54) is 0 Å². The fraction of sp³-hybridized carbons (Fsp3) is 0.818. The van der Waals surface area contributed by atoms with Gasteiger partial charge in [-0.3, -0.25) is 4.79 Å². The van der Waals surface area contributed by atoms with Crippen LogP contribution in [0.3, 0.4) is 0 Å². The second-order valence-corrected chi connectivity index (χ2v) is 5.08. The lowest BCUT2D eigenvalue weighted by Crippen LogP contribution is -2.42. The smallest absolute Gasteiger partial charge is 0.326 e. The summed E-state index contributed by atoms with van der Waals surface area (Å²) in [5.74, 6) is -0.461. The van der Waals surface area contributed by atoms with Crippen LogP contribution in [0.1, 0.15) is 26.7 Å². The van der Waals surface area contributed by atoms with Crippen molar-refractivity contribution in [2.24, 2.45) is 0 Å². The zero-order valence-electron chi connectivity index (χ0n) is 10.7. The number of carboxylic acid groups (broad SMARTS) is 1. The van der Waals surface area contributed by atoms with Crippen LogP contribution in [0.5, 0.6) is 0 Å². The van der Waals surface area contributed by atoms with E-state index in [2.05, 4.69) is 10.6 Å². The topological polar surface area (TPSA) is 78.4 Å². The maximum absolute atomic E-state index is 11.5. The van der Waals surface area contributed by atoms with E-state index in [-0.39, 0.29) is 5.91 Å². The first-order valence-corrected chi connectivity index (χ1v) is 7.11. The Morgan fingerprint density at radius 3 is 2.47 bits per heavy atom. The Bertz CT molecular complexity index is 247. The van der Waals surface area contributed by atoms with Crippen molar-refractivity contribution >= 4 is 23.6 Å². The Labute approximate surface area is 107 Å². The molecule has 0 aliphatic rings. The van der Waals surface area contributed by atoms with Crippen molar-refractivity contribution in [1.29, 1.82) is 0 Å². The van der Waals surface area contributed by atoms with Gasteiger partial charge < -0.3 is 15.7 Å². The van der Waals surface area contributed by atoms with Crippen LogP contribution < -0.4 is 10.6 Å². The molecule has 6 heteroatoms. The molecule has 0 bridgehead atoms. The number of carbonyl (C=O) groups excluding carboxylic acids is 1. The molecule has 3 N–H and O–H groups in total. The first kappa shape index (κ1) is 16.2. The number of aliphatic carboxylic acids is 1. The lowest BCUT2D eigenvalue weighted by atomic mass is 10.2. The van der Waals surface area contributed by atoms with E-state index in [1.54, 1.807) is 11.8 Å². The zero-order chi connectivity index (χ0) is 13.3. The van der Waals surface area contributed by atoms with Crippen LogP contribution in [0.4, 0.5) is 0 Å². The van der Waals surface area contributed by atoms with E-state index in [9.17, 15) is 9.59 Å². The summed E-state index contributed by atoms with van der Waals surface area (Å²) in [6, 6.07) is -0.441. The van der Waals surface area contributed by atoms with Crippen molar-refractivity contribution in [2.75, 3.05) is 18.6 Å². The van der Waals surface area contributed by atoms with Crippen LogP contribution >= 0.6 is 11.8 Å². The summed E-state index contributed by atoms with van der Waals surface area (Å²) in [7, 11) is 0. The van der Waals surface area contributed by atoms with Gasteiger partial charge in [0.05, 0.1) is 0 Å². The van der Waals surface area contributed by atoms with Gasteiger partial charge in [-0.25, -0.2) is 4.79 Å². The van der Waals surface area contributed by atoms with Gasteiger partial charge in [0.25, 0.3) is 0 Å². The Morgan fingerprint density at radius 1 is 1.35 bits per heavy atom. The van der Waals surface area contributed by atoms with Gasteiger partial charge in [0.2, 0.25) is 5.91 Å². The van der Waals surface area contributed by atoms with E-state index in [0.29, 0.717) is 25.4 Å². The molecular formula is C11H22N2O3S. The molecule has 0 aromatic heterocycles. The molecule has 100 valence electrons. The van der Waals surface area contributed by atoms with Crippen molar-refractivity contribution in [1.82, 2.24) is 10.6 Å². The highest BCUT2D eigenvalue weighted by Crippen LogP contribution is 2.01. The average molecular weight is 262 g/mol. The highest BCUT2D eigenvalue weighted by atomic mass is 32.2. The molecule has 0 fully saturated rings. The lowest BCUT2D eigenvalue weighted by molar-refractivity contribution is -0.141. The quantitative estimate of drug-likeness (QED) is 0.570. The summed E-state index contributed by atoms with van der Waals surface area (Å²) in [5.41, 5.74) is 0. The largest absolute Gasteiger partial charge is 0.480 e. The number of nitrogens with one attached hydrogen (secondary N) is 2. The van der Waals surface area contributed by atoms with Crippen LogP contribution in [0.25, 0.3) is 0 Å². The van der Waals surface area contributed by atoms with Crippen LogP contribution in [0.15, 0.2) is 0 Å². The summed E-state index contributed by atoms with van der Waals surface area (Å²) in [6.45, 7) is 4.56. The lowest BCUT2D eigenvalue weighted by Gasteiger charge is -2.14. The monoisotopic (exact) mass is 262 g/mol. The molecule has 17 heavy (non-hydrogen) atoms. The maximum Gasteiger partial charge on any atom is 0.326 e. The summed E-state index contributed by atoms with van der Waals surface area (Å²) in [5, 5.41) is 14.6. The molecule has 1 atom stereocenters. The van der Waals surface area contributed by atoms with Gasteiger partial charge in [0.1, 0.15) is 6.04 Å². The van der Waals surface area contributed by atoms with Crippen molar-refractivity contribution < 1.29 is 14.7 Å². The Morgan fingerprint density at radius 2 is 2.00 bits per heavy atom. The Hall–Kier alpha value is -0.750. The number of hydrogen-bond donors (Lipinski definition) is 3. The minimum absolute atomic E-state index is 0.216. The number of amides is 1. The van der Waals surface area contributed by atoms with Crippen LogP contribution in [-0.4, -0.2) is 47.6 Å². The minimum Gasteiger partial charge on any atom is -0.480 e. The third-order valence-electron chi connectivity index (χ3n) is 2.15. The van der Waals surface area contributed by atoms with Crippen LogP contribution in [0.2, 0.25) is 0 Å². The van der Waals surface area contributed by atoms with Crippen molar-refractivity contribution in [3.8, 4) is 0 Å². The van der Waals surface area contributed by atoms with Gasteiger partial charge in [-0.2, -0.15) is 11.8 Å². The molecule has 0 rings (SSSR count). The molecular weight excluding hydrogens is 240 g/mol. The van der Waals surface area contributed by atoms with Gasteiger partial charge in [0, 0.05) is 19.0 Å². The first-order chi connectivity index (χ1) is 7.97. The van der Waals surface area contributed by atoms with Crippen molar-refractivity contribution in [3.63, 3.8) is 0 Å². The molecule has 0 aliphatic heterocycles. The SMILES string of the molecule is CSCCC(NC(=O)CCNC(C)C)C(=O)O. The number of rotatable bonds is 9. The molecule has 0 radical (unpaired) electrons. The normalized spacial score (nSPS) is 12.5. The van der Waals surface area contributed by atoms with Crippen molar-refractivity contribution in [3.05, 3.63) is 0 Å². The summed E-state index contributed by atoms with van der Waals surface area (Å²) in [4.78, 5) is 22.4. The Kier molecular flexibility index (Phi) is 8.89. The highest BCUT2D eigenvalue weighted by Gasteiger charge is 2.18. The van der Waals surface area contributed by atoms with Gasteiger partial charge in [-0.05, 0) is 18.4 Å². The summed E-state index contributed by atoms with van der Waals surface area (Å²) in [6.07, 6.45) is 2.67. The molecule has 0 spiro atoms. The standard InChI is InChI=1S/C11H22N2O3S/c1-8(2)12-6-4-10(14)13-9(11(15)16)5-7-17-3/h8-9,12H,4-7H2,1-3H3,(H,13,14)(H,15,16).